The summed E-state index contributed by atoms with van der Waals surface area (Å²) in [5, 5.41) is 3.20. The van der Waals surface area contributed by atoms with Crippen molar-refractivity contribution in [1.82, 2.24) is 10.2 Å². The van der Waals surface area contributed by atoms with Crippen LogP contribution in [-0.4, -0.2) is 42.5 Å². The van der Waals surface area contributed by atoms with Gasteiger partial charge in [-0.3, -0.25) is 9.69 Å². The van der Waals surface area contributed by atoms with Crippen molar-refractivity contribution >= 4 is 30.7 Å². The van der Waals surface area contributed by atoms with Gasteiger partial charge in [0.15, 0.2) is 0 Å². The maximum atomic E-state index is 12.6. The van der Waals surface area contributed by atoms with Gasteiger partial charge in [-0.1, -0.05) is 20.3 Å². The molecule has 3 N–H and O–H groups in total. The molecule has 2 aliphatic rings. The molecule has 1 aliphatic carbocycles. The first-order chi connectivity index (χ1) is 9.13. The topological polar surface area (TPSA) is 58.4 Å². The SMILES string of the molecule is CC(C)C(C(=O)NC(CN)C1CC1)N1CCCCC1.Cl.Cl. The zero-order chi connectivity index (χ0) is 13.8. The number of likely N-dealkylation sites (tertiary alicyclic amines) is 1. The summed E-state index contributed by atoms with van der Waals surface area (Å²) in [6.07, 6.45) is 6.19. The number of nitrogens with one attached hydrogen (secondary N) is 1. The molecule has 6 heteroatoms. The van der Waals surface area contributed by atoms with E-state index in [0.717, 1.165) is 13.1 Å². The Morgan fingerprint density at radius 2 is 1.76 bits per heavy atom. The Morgan fingerprint density at radius 1 is 1.19 bits per heavy atom. The molecule has 1 amide bonds. The van der Waals surface area contributed by atoms with Crippen LogP contribution in [0.1, 0.15) is 46.0 Å². The molecule has 2 unspecified atom stereocenters. The van der Waals surface area contributed by atoms with Gasteiger partial charge in [-0.05, 0) is 50.6 Å². The van der Waals surface area contributed by atoms with Crippen molar-refractivity contribution in [1.29, 1.82) is 0 Å². The predicted octanol–water partition coefficient (Wildman–Crippen LogP) is 2.19. The van der Waals surface area contributed by atoms with Gasteiger partial charge in [0.2, 0.25) is 5.91 Å². The number of amides is 1. The summed E-state index contributed by atoms with van der Waals surface area (Å²) in [6, 6.07) is 0.214. The maximum absolute atomic E-state index is 12.6. The Bertz CT molecular complexity index is 305. The minimum absolute atomic E-state index is 0. The highest BCUT2D eigenvalue weighted by molar-refractivity contribution is 5.85. The highest BCUT2D eigenvalue weighted by Crippen LogP contribution is 2.32. The number of hydrogen-bond donors (Lipinski definition) is 2. The van der Waals surface area contributed by atoms with Crippen LogP contribution in [0.4, 0.5) is 0 Å². The van der Waals surface area contributed by atoms with E-state index >= 15 is 0 Å². The van der Waals surface area contributed by atoms with Crippen LogP contribution in [0.3, 0.4) is 0 Å². The molecule has 4 nitrogen and oxygen atoms in total. The molecular weight excluding hydrogens is 309 g/mol. The van der Waals surface area contributed by atoms with E-state index in [2.05, 4.69) is 24.1 Å². The number of hydrogen-bond acceptors (Lipinski definition) is 3. The molecule has 0 spiro atoms. The molecule has 1 aliphatic heterocycles. The number of nitrogens with zero attached hydrogens (tertiary/aromatic N) is 1. The molecule has 1 heterocycles. The van der Waals surface area contributed by atoms with Crippen molar-refractivity contribution in [2.75, 3.05) is 19.6 Å². The Labute approximate surface area is 141 Å². The molecular formula is C15H31Cl2N3O. The van der Waals surface area contributed by atoms with Gasteiger partial charge in [0.25, 0.3) is 0 Å². The second kappa shape index (κ2) is 9.88. The summed E-state index contributed by atoms with van der Waals surface area (Å²) < 4.78 is 0. The van der Waals surface area contributed by atoms with Crippen molar-refractivity contribution in [2.24, 2.45) is 17.6 Å². The molecule has 21 heavy (non-hydrogen) atoms. The lowest BCUT2D eigenvalue weighted by Gasteiger charge is -2.36. The molecule has 0 aromatic rings. The van der Waals surface area contributed by atoms with Crippen LogP contribution in [0.15, 0.2) is 0 Å². The number of nitrogens with two attached hydrogens (primary N) is 1. The van der Waals surface area contributed by atoms with Gasteiger partial charge in [0, 0.05) is 12.6 Å². The van der Waals surface area contributed by atoms with Crippen molar-refractivity contribution in [2.45, 2.75) is 58.0 Å². The molecule has 2 rings (SSSR count). The Kier molecular flexibility index (Phi) is 9.87. The van der Waals surface area contributed by atoms with Crippen LogP contribution < -0.4 is 11.1 Å². The van der Waals surface area contributed by atoms with Crippen LogP contribution >= 0.6 is 24.8 Å². The van der Waals surface area contributed by atoms with Crippen LogP contribution in [0.5, 0.6) is 0 Å². The summed E-state index contributed by atoms with van der Waals surface area (Å²) >= 11 is 0. The third-order valence-electron chi connectivity index (χ3n) is 4.46. The van der Waals surface area contributed by atoms with Gasteiger partial charge in [-0.15, -0.1) is 24.8 Å². The Morgan fingerprint density at radius 3 is 2.19 bits per heavy atom. The van der Waals surface area contributed by atoms with E-state index in [1.54, 1.807) is 0 Å². The monoisotopic (exact) mass is 339 g/mol. The van der Waals surface area contributed by atoms with E-state index in [1.165, 1.54) is 32.1 Å². The predicted molar refractivity (Wildman–Crippen MR) is 92.3 cm³/mol. The second-order valence-corrected chi connectivity index (χ2v) is 6.47. The first-order valence-electron chi connectivity index (χ1n) is 7.88. The summed E-state index contributed by atoms with van der Waals surface area (Å²) in [4.78, 5) is 14.9. The van der Waals surface area contributed by atoms with E-state index in [4.69, 9.17) is 5.73 Å². The van der Waals surface area contributed by atoms with Crippen molar-refractivity contribution in [3.05, 3.63) is 0 Å². The number of carbonyl (C=O) groups is 1. The van der Waals surface area contributed by atoms with Crippen molar-refractivity contribution in [3.8, 4) is 0 Å². The minimum atomic E-state index is 0. The number of piperidine rings is 1. The molecule has 1 saturated carbocycles. The molecule has 0 aromatic heterocycles. The number of halogens is 2. The number of carbonyl (C=O) groups excluding carboxylic acids is 1. The van der Waals surface area contributed by atoms with E-state index in [9.17, 15) is 4.79 Å². The van der Waals surface area contributed by atoms with Gasteiger partial charge in [-0.25, -0.2) is 0 Å². The summed E-state index contributed by atoms with van der Waals surface area (Å²) in [7, 11) is 0. The summed E-state index contributed by atoms with van der Waals surface area (Å²) in [5.74, 6) is 1.18. The van der Waals surface area contributed by atoms with Gasteiger partial charge < -0.3 is 11.1 Å². The standard InChI is InChI=1S/C15H29N3O.2ClH/c1-11(2)14(18-8-4-3-5-9-18)15(19)17-13(10-16)12-6-7-12;;/h11-14H,3-10,16H2,1-2H3,(H,17,19);2*1H. The van der Waals surface area contributed by atoms with Gasteiger partial charge in [0.1, 0.15) is 0 Å². The van der Waals surface area contributed by atoms with Gasteiger partial charge in [0.05, 0.1) is 6.04 Å². The molecule has 0 radical (unpaired) electrons. The average Bonchev–Trinajstić information content (AvgIpc) is 3.21. The third kappa shape index (κ3) is 5.93. The highest BCUT2D eigenvalue weighted by Gasteiger charge is 2.35. The summed E-state index contributed by atoms with van der Waals surface area (Å²) in [5.41, 5.74) is 5.79. The third-order valence-corrected chi connectivity index (χ3v) is 4.46. The largest absolute Gasteiger partial charge is 0.350 e. The molecule has 126 valence electrons. The first kappa shape index (κ1) is 21.0. The fraction of sp³-hybridized carbons (Fsp3) is 0.933. The molecule has 0 aromatic carbocycles. The van der Waals surface area contributed by atoms with Crippen LogP contribution in [0.25, 0.3) is 0 Å². The molecule has 0 bridgehead atoms. The zero-order valence-electron chi connectivity index (χ0n) is 13.2. The number of rotatable bonds is 6. The maximum Gasteiger partial charge on any atom is 0.237 e. The lowest BCUT2D eigenvalue weighted by Crippen LogP contribution is -2.55. The molecule has 2 fully saturated rings. The second-order valence-electron chi connectivity index (χ2n) is 6.47. The zero-order valence-corrected chi connectivity index (χ0v) is 14.8. The quantitative estimate of drug-likeness (QED) is 0.779. The summed E-state index contributed by atoms with van der Waals surface area (Å²) in [6.45, 7) is 6.99. The average molecular weight is 340 g/mol. The van der Waals surface area contributed by atoms with Gasteiger partial charge >= 0.3 is 0 Å². The van der Waals surface area contributed by atoms with Crippen LogP contribution in [0, 0.1) is 11.8 Å². The molecule has 2 atom stereocenters. The van der Waals surface area contributed by atoms with Crippen molar-refractivity contribution in [3.63, 3.8) is 0 Å². The fourth-order valence-electron chi connectivity index (χ4n) is 3.22. The van der Waals surface area contributed by atoms with Crippen molar-refractivity contribution < 1.29 is 4.79 Å². The normalized spacial score (nSPS) is 21.9. The Hall–Kier alpha value is -0.0300. The lowest BCUT2D eigenvalue weighted by molar-refractivity contribution is -0.129. The van der Waals surface area contributed by atoms with E-state index in [-0.39, 0.29) is 42.8 Å². The molecule has 1 saturated heterocycles. The van der Waals surface area contributed by atoms with Crippen LogP contribution in [0.2, 0.25) is 0 Å². The Balaban J connectivity index is 0.00000200. The van der Waals surface area contributed by atoms with E-state index in [1.807, 2.05) is 0 Å². The van der Waals surface area contributed by atoms with Gasteiger partial charge in [-0.2, -0.15) is 0 Å². The van der Waals surface area contributed by atoms with Crippen LogP contribution in [-0.2, 0) is 4.79 Å². The minimum Gasteiger partial charge on any atom is -0.350 e. The first-order valence-corrected chi connectivity index (χ1v) is 7.88. The van der Waals surface area contributed by atoms with E-state index < -0.39 is 0 Å². The highest BCUT2D eigenvalue weighted by atomic mass is 35.5. The smallest absolute Gasteiger partial charge is 0.237 e. The van der Waals surface area contributed by atoms with E-state index in [0.29, 0.717) is 18.4 Å². The lowest BCUT2D eigenvalue weighted by atomic mass is 9.98. The fourth-order valence-corrected chi connectivity index (χ4v) is 3.22.